The summed E-state index contributed by atoms with van der Waals surface area (Å²) in [6.45, 7) is 0. The van der Waals surface area contributed by atoms with Gasteiger partial charge in [-0.25, -0.2) is 4.99 Å². The van der Waals surface area contributed by atoms with Crippen molar-refractivity contribution in [3.63, 3.8) is 0 Å². The maximum absolute atomic E-state index is 5.25. The molecule has 0 radical (unpaired) electrons. The molecule has 1 aliphatic rings. The Bertz CT molecular complexity index is 2140. The van der Waals surface area contributed by atoms with E-state index in [0.29, 0.717) is 0 Å². The maximum Gasteiger partial charge on any atom is 0.134 e. The first-order valence-electron chi connectivity index (χ1n) is 15.6. The average molecular weight is 590 g/mol. The predicted molar refractivity (Wildman–Crippen MR) is 190 cm³/mol. The molecule has 1 atom stereocenters. The first-order chi connectivity index (χ1) is 22.8. The minimum Gasteiger partial charge on any atom is -0.359 e. The van der Waals surface area contributed by atoms with Gasteiger partial charge in [-0.15, -0.1) is 0 Å². The van der Waals surface area contributed by atoms with Gasteiger partial charge in [0.2, 0.25) is 0 Å². The molecule has 6 aromatic carbocycles. The van der Waals surface area contributed by atoms with Crippen molar-refractivity contribution in [2.75, 3.05) is 0 Å². The Labute approximate surface area is 269 Å². The second kappa shape index (κ2) is 12.1. The fraction of sp³-hybridized carbons (Fsp3) is 0.0233. The molecule has 218 valence electrons. The van der Waals surface area contributed by atoms with Crippen LogP contribution in [0.5, 0.6) is 0 Å². The molecule has 46 heavy (non-hydrogen) atoms. The van der Waals surface area contributed by atoms with Gasteiger partial charge in [0.1, 0.15) is 5.84 Å². The summed E-state index contributed by atoms with van der Waals surface area (Å²) in [6, 6.07) is 57.9. The van der Waals surface area contributed by atoms with Gasteiger partial charge in [-0.05, 0) is 86.5 Å². The van der Waals surface area contributed by atoms with Crippen LogP contribution in [0.15, 0.2) is 181 Å². The minimum absolute atomic E-state index is 0.0463. The molecule has 7 aromatic rings. The summed E-state index contributed by atoms with van der Waals surface area (Å²) in [5.74, 6) is 0.861. The number of fused-ring (bicyclic) bond motifs is 1. The highest BCUT2D eigenvalue weighted by atomic mass is 15.1. The number of hydrogen-bond acceptors (Lipinski definition) is 3. The molecule has 1 unspecified atom stereocenters. The second-order valence-corrected chi connectivity index (χ2v) is 11.6. The number of aromatic nitrogens is 1. The van der Waals surface area contributed by atoms with Gasteiger partial charge in [-0.3, -0.25) is 4.98 Å². The highest BCUT2D eigenvalue weighted by molar-refractivity contribution is 6.04. The Hall–Kier alpha value is -6.06. The van der Waals surface area contributed by atoms with Crippen LogP contribution in [0.3, 0.4) is 0 Å². The number of hydrogen-bond donors (Lipinski definition) is 1. The minimum atomic E-state index is -0.0463. The van der Waals surface area contributed by atoms with Crippen LogP contribution >= 0.6 is 0 Å². The van der Waals surface area contributed by atoms with Crippen LogP contribution in [0, 0.1) is 0 Å². The predicted octanol–water partition coefficient (Wildman–Crippen LogP) is 10.5. The lowest BCUT2D eigenvalue weighted by Gasteiger charge is -2.29. The molecule has 1 aromatic heterocycles. The highest BCUT2D eigenvalue weighted by Crippen LogP contribution is 2.38. The van der Waals surface area contributed by atoms with Gasteiger partial charge in [-0.2, -0.15) is 0 Å². The smallest absolute Gasteiger partial charge is 0.134 e. The summed E-state index contributed by atoms with van der Waals surface area (Å²) in [7, 11) is 0. The summed E-state index contributed by atoms with van der Waals surface area (Å²) in [4.78, 5) is 9.54. The zero-order valence-corrected chi connectivity index (χ0v) is 25.2. The van der Waals surface area contributed by atoms with Crippen molar-refractivity contribution in [2.45, 2.75) is 6.04 Å². The number of amidine groups is 1. The molecule has 0 amide bonds. The lowest BCUT2D eigenvalue weighted by Crippen LogP contribution is -2.32. The van der Waals surface area contributed by atoms with Crippen molar-refractivity contribution in [1.29, 1.82) is 0 Å². The van der Waals surface area contributed by atoms with E-state index >= 15 is 0 Å². The molecule has 2 heterocycles. The zero-order valence-electron chi connectivity index (χ0n) is 25.2. The van der Waals surface area contributed by atoms with E-state index in [4.69, 9.17) is 4.99 Å². The summed E-state index contributed by atoms with van der Waals surface area (Å²) in [5.41, 5.74) is 13.6. The van der Waals surface area contributed by atoms with Crippen LogP contribution in [0.25, 0.3) is 44.5 Å². The first kappa shape index (κ1) is 27.5. The highest BCUT2D eigenvalue weighted by Gasteiger charge is 2.25. The number of aliphatic imine (C=N–C) groups is 1. The summed E-state index contributed by atoms with van der Waals surface area (Å²) in [5, 5.41) is 3.85. The van der Waals surface area contributed by atoms with Crippen LogP contribution < -0.4 is 5.32 Å². The van der Waals surface area contributed by atoms with Crippen LogP contribution in [-0.4, -0.2) is 10.8 Å². The molecule has 1 N–H and O–H groups in total. The molecule has 3 nitrogen and oxygen atoms in total. The van der Waals surface area contributed by atoms with Crippen LogP contribution in [0.2, 0.25) is 0 Å². The Morgan fingerprint density at radius 1 is 0.413 bits per heavy atom. The van der Waals surface area contributed by atoms with Crippen molar-refractivity contribution in [1.82, 2.24) is 10.3 Å². The molecule has 0 fully saturated rings. The van der Waals surface area contributed by atoms with E-state index in [1.54, 1.807) is 6.20 Å². The van der Waals surface area contributed by atoms with Gasteiger partial charge in [0.15, 0.2) is 0 Å². The number of rotatable bonds is 6. The Kier molecular flexibility index (Phi) is 7.26. The van der Waals surface area contributed by atoms with Gasteiger partial charge in [-0.1, -0.05) is 127 Å². The van der Waals surface area contributed by atoms with Gasteiger partial charge < -0.3 is 5.32 Å². The SMILES string of the molecule is c1ccc(-c2cc(C3=Nc4ccc(-c5ccccc5)cc4C(c4ccccc4)N3)cc(-c3ccc(-c4cccnc4)cc3)c2)cc1. The molecule has 0 saturated carbocycles. The lowest BCUT2D eigenvalue weighted by atomic mass is 9.91. The van der Waals surface area contributed by atoms with Crippen LogP contribution in [0.4, 0.5) is 5.69 Å². The third-order valence-corrected chi connectivity index (χ3v) is 8.62. The molecule has 0 saturated heterocycles. The molecular formula is C43H31N3. The van der Waals surface area contributed by atoms with Crippen molar-refractivity contribution in [3.8, 4) is 44.5 Å². The van der Waals surface area contributed by atoms with E-state index in [1.165, 1.54) is 27.8 Å². The second-order valence-electron chi connectivity index (χ2n) is 11.6. The number of nitrogens with one attached hydrogen (secondary N) is 1. The van der Waals surface area contributed by atoms with E-state index in [0.717, 1.165) is 44.9 Å². The average Bonchev–Trinajstić information content (AvgIpc) is 3.15. The fourth-order valence-electron chi connectivity index (χ4n) is 6.24. The monoisotopic (exact) mass is 589 g/mol. The third-order valence-electron chi connectivity index (χ3n) is 8.62. The molecule has 0 aliphatic carbocycles. The summed E-state index contributed by atoms with van der Waals surface area (Å²) < 4.78 is 0. The standard InChI is InChI=1S/C43H31N3/c1-4-11-30(12-5-1)35-22-23-41-40(28-35)42(34-15-8-3-9-16-34)46-43(45-41)39-26-37(31-13-6-2-7-14-31)25-38(27-39)33-20-18-32(19-21-33)36-17-10-24-44-29-36/h1-29,42H,(H,45,46). The quantitative estimate of drug-likeness (QED) is 0.210. The van der Waals surface area contributed by atoms with Gasteiger partial charge in [0.05, 0.1) is 11.7 Å². The number of nitrogens with zero attached hydrogens (tertiary/aromatic N) is 2. The summed E-state index contributed by atoms with van der Waals surface area (Å²) >= 11 is 0. The van der Waals surface area contributed by atoms with Crippen molar-refractivity contribution in [2.24, 2.45) is 4.99 Å². The van der Waals surface area contributed by atoms with Gasteiger partial charge in [0.25, 0.3) is 0 Å². The van der Waals surface area contributed by atoms with E-state index < -0.39 is 0 Å². The molecule has 0 bridgehead atoms. The Morgan fingerprint density at radius 3 is 1.57 bits per heavy atom. The molecule has 1 aliphatic heterocycles. The topological polar surface area (TPSA) is 37.3 Å². The van der Waals surface area contributed by atoms with E-state index in [2.05, 4.69) is 168 Å². The maximum atomic E-state index is 5.25. The summed E-state index contributed by atoms with van der Waals surface area (Å²) in [6.07, 6.45) is 3.71. The lowest BCUT2D eigenvalue weighted by molar-refractivity contribution is 0.750. The normalized spacial score (nSPS) is 13.7. The Balaban J connectivity index is 1.25. The van der Waals surface area contributed by atoms with Gasteiger partial charge >= 0.3 is 0 Å². The fourth-order valence-corrected chi connectivity index (χ4v) is 6.24. The molecule has 8 rings (SSSR count). The largest absolute Gasteiger partial charge is 0.359 e. The number of pyridine rings is 1. The zero-order chi connectivity index (χ0) is 30.7. The van der Waals surface area contributed by atoms with E-state index in [1.807, 2.05) is 12.3 Å². The van der Waals surface area contributed by atoms with E-state index in [9.17, 15) is 0 Å². The third kappa shape index (κ3) is 5.51. The van der Waals surface area contributed by atoms with Crippen molar-refractivity contribution < 1.29 is 0 Å². The first-order valence-corrected chi connectivity index (χ1v) is 15.6. The number of benzene rings is 6. The molecular weight excluding hydrogens is 558 g/mol. The molecule has 3 heteroatoms. The van der Waals surface area contributed by atoms with Crippen LogP contribution in [0.1, 0.15) is 22.7 Å². The Morgan fingerprint density at radius 2 is 0.935 bits per heavy atom. The van der Waals surface area contributed by atoms with Crippen molar-refractivity contribution >= 4 is 11.5 Å². The van der Waals surface area contributed by atoms with E-state index in [-0.39, 0.29) is 6.04 Å². The van der Waals surface area contributed by atoms with Crippen LogP contribution in [-0.2, 0) is 0 Å². The molecule has 0 spiro atoms. The van der Waals surface area contributed by atoms with Gasteiger partial charge in [0, 0.05) is 23.5 Å². The van der Waals surface area contributed by atoms with Crippen molar-refractivity contribution in [3.05, 3.63) is 193 Å².